The van der Waals surface area contributed by atoms with Crippen LogP contribution in [0.3, 0.4) is 0 Å². The Morgan fingerprint density at radius 3 is 1.86 bits per heavy atom. The lowest BCUT2D eigenvalue weighted by atomic mass is 9.49. The van der Waals surface area contributed by atoms with E-state index in [-0.39, 0.29) is 37.0 Å². The SMILES string of the molecule is CCOC(=O)C(OCC(F)C(F)C(F)(F)S(=O)(=O)O)(OC(=O)C12CC3CC(CC(C3)C1)C2)C(F)(F)F. The molecule has 0 aromatic heterocycles. The summed E-state index contributed by atoms with van der Waals surface area (Å²) in [6.45, 7) is -1.92. The molecule has 16 heteroatoms. The van der Waals surface area contributed by atoms with Crippen molar-refractivity contribution in [1.29, 1.82) is 0 Å². The molecular weight excluding hydrogens is 533 g/mol. The van der Waals surface area contributed by atoms with Gasteiger partial charge in [0.05, 0.1) is 18.6 Å². The van der Waals surface area contributed by atoms with Crippen LogP contribution in [-0.4, -0.2) is 67.7 Å². The first kappa shape index (κ1) is 28.9. The van der Waals surface area contributed by atoms with Crippen LogP contribution in [0.2, 0.25) is 0 Å². The molecule has 4 rings (SSSR count). The third-order valence-electron chi connectivity index (χ3n) is 7.05. The molecule has 3 atom stereocenters. The second kappa shape index (κ2) is 9.57. The topological polar surface area (TPSA) is 116 Å². The smallest absolute Gasteiger partial charge is 0.461 e. The highest BCUT2D eigenvalue weighted by Crippen LogP contribution is 2.61. The summed E-state index contributed by atoms with van der Waals surface area (Å²) in [6, 6.07) is 0. The number of hydrogen-bond donors (Lipinski definition) is 1. The quantitative estimate of drug-likeness (QED) is 0.187. The summed E-state index contributed by atoms with van der Waals surface area (Å²) in [4.78, 5) is 25.5. The van der Waals surface area contributed by atoms with Gasteiger partial charge in [-0.1, -0.05) is 0 Å². The average molecular weight is 558 g/mol. The van der Waals surface area contributed by atoms with E-state index in [4.69, 9.17) is 4.55 Å². The van der Waals surface area contributed by atoms with Crippen LogP contribution >= 0.6 is 0 Å². The Balaban J connectivity index is 1.89. The Hall–Kier alpha value is -1.68. The average Bonchev–Trinajstić information content (AvgIpc) is 2.73. The molecule has 36 heavy (non-hydrogen) atoms. The largest absolute Gasteiger partial charge is 0.468 e. The minimum atomic E-state index is -6.50. The van der Waals surface area contributed by atoms with Gasteiger partial charge in [0.25, 0.3) is 0 Å². The third kappa shape index (κ3) is 5.04. The van der Waals surface area contributed by atoms with Crippen molar-refractivity contribution in [3.8, 4) is 0 Å². The van der Waals surface area contributed by atoms with Crippen molar-refractivity contribution in [3.63, 3.8) is 0 Å². The van der Waals surface area contributed by atoms with E-state index in [0.717, 1.165) is 26.2 Å². The molecule has 0 saturated heterocycles. The van der Waals surface area contributed by atoms with Crippen molar-refractivity contribution in [3.05, 3.63) is 0 Å². The van der Waals surface area contributed by atoms with E-state index < -0.39 is 70.2 Å². The summed E-state index contributed by atoms with van der Waals surface area (Å²) in [5.74, 6) is -8.31. The van der Waals surface area contributed by atoms with Gasteiger partial charge in [-0.2, -0.15) is 30.4 Å². The van der Waals surface area contributed by atoms with Crippen molar-refractivity contribution < 1.29 is 67.5 Å². The van der Waals surface area contributed by atoms with Gasteiger partial charge in [-0.15, -0.1) is 0 Å². The van der Waals surface area contributed by atoms with Gasteiger partial charge in [-0.25, -0.2) is 13.6 Å². The molecule has 0 aliphatic heterocycles. The minimum absolute atomic E-state index is 0.0535. The van der Waals surface area contributed by atoms with E-state index in [1.54, 1.807) is 0 Å². The van der Waals surface area contributed by atoms with Crippen molar-refractivity contribution >= 4 is 22.1 Å². The van der Waals surface area contributed by atoms with Crippen LogP contribution < -0.4 is 0 Å². The van der Waals surface area contributed by atoms with Gasteiger partial charge in [-0.05, 0) is 63.2 Å². The first-order valence-electron chi connectivity index (χ1n) is 11.1. The van der Waals surface area contributed by atoms with Crippen molar-refractivity contribution in [2.45, 2.75) is 75.0 Å². The normalized spacial score (nSPS) is 31.4. The molecule has 4 aliphatic rings. The fourth-order valence-electron chi connectivity index (χ4n) is 5.85. The van der Waals surface area contributed by atoms with E-state index in [0.29, 0.717) is 0 Å². The first-order chi connectivity index (χ1) is 16.4. The maximum atomic E-state index is 14.2. The highest BCUT2D eigenvalue weighted by atomic mass is 32.2. The lowest BCUT2D eigenvalue weighted by Crippen LogP contribution is -2.62. The summed E-state index contributed by atoms with van der Waals surface area (Å²) < 4.78 is 140. The van der Waals surface area contributed by atoms with Crippen LogP contribution in [0.1, 0.15) is 45.4 Å². The third-order valence-corrected chi connectivity index (χ3v) is 7.97. The standard InChI is InChI=1S/C20H25F7O8S/c1-2-33-16(29)18(20(25,26)27,34-9-13(21)14(22)19(23,24)36(30,31)32)35-15(28)17-6-10-3-11(7-17)5-12(4-10)8-17/h10-14H,2-9H2,1H3,(H,30,31,32). The van der Waals surface area contributed by atoms with Crippen LogP contribution in [0.25, 0.3) is 0 Å². The molecule has 8 nitrogen and oxygen atoms in total. The van der Waals surface area contributed by atoms with E-state index in [9.17, 15) is 48.7 Å². The fraction of sp³-hybridized carbons (Fsp3) is 0.900. The molecule has 3 unspecified atom stereocenters. The Kier molecular flexibility index (Phi) is 7.68. The van der Waals surface area contributed by atoms with Crippen LogP contribution in [0, 0.1) is 23.2 Å². The highest BCUT2D eigenvalue weighted by molar-refractivity contribution is 7.86. The van der Waals surface area contributed by atoms with Gasteiger partial charge in [0.1, 0.15) is 0 Å². The number of alkyl halides is 7. The molecule has 4 bridgehead atoms. The van der Waals surface area contributed by atoms with Gasteiger partial charge >= 0.3 is 39.3 Å². The Morgan fingerprint density at radius 2 is 1.47 bits per heavy atom. The van der Waals surface area contributed by atoms with Gasteiger partial charge in [-0.3, -0.25) is 9.35 Å². The monoisotopic (exact) mass is 558 g/mol. The fourth-order valence-corrected chi connectivity index (χ4v) is 6.28. The zero-order valence-corrected chi connectivity index (χ0v) is 19.7. The lowest BCUT2D eigenvalue weighted by molar-refractivity contribution is -0.362. The second-order valence-corrected chi connectivity index (χ2v) is 11.2. The Bertz CT molecular complexity index is 934. The number of carbonyl (C=O) groups is 2. The van der Waals surface area contributed by atoms with Crippen molar-refractivity contribution in [2.75, 3.05) is 13.2 Å². The van der Waals surface area contributed by atoms with E-state index in [1.807, 2.05) is 0 Å². The van der Waals surface area contributed by atoms with Gasteiger partial charge < -0.3 is 14.2 Å². The Morgan fingerprint density at radius 1 is 1.00 bits per heavy atom. The minimum Gasteiger partial charge on any atom is -0.461 e. The van der Waals surface area contributed by atoms with Gasteiger partial charge in [0, 0.05) is 0 Å². The maximum absolute atomic E-state index is 14.2. The van der Waals surface area contributed by atoms with E-state index in [2.05, 4.69) is 14.2 Å². The predicted molar refractivity (Wildman–Crippen MR) is 104 cm³/mol. The first-order valence-corrected chi connectivity index (χ1v) is 12.6. The molecule has 4 fully saturated rings. The number of ether oxygens (including phenoxy) is 3. The van der Waals surface area contributed by atoms with Crippen molar-refractivity contribution in [1.82, 2.24) is 0 Å². The molecule has 4 saturated carbocycles. The molecular formula is C20H25F7O8S. The predicted octanol–water partition coefficient (Wildman–Crippen LogP) is 3.74. The lowest BCUT2D eigenvalue weighted by Gasteiger charge is -2.55. The Labute approximate surface area is 201 Å². The zero-order chi connectivity index (χ0) is 27.3. The molecule has 0 heterocycles. The van der Waals surface area contributed by atoms with E-state index >= 15 is 0 Å². The summed E-state index contributed by atoms with van der Waals surface area (Å²) in [7, 11) is -6.50. The van der Waals surface area contributed by atoms with Crippen LogP contribution in [0.4, 0.5) is 30.7 Å². The van der Waals surface area contributed by atoms with Crippen molar-refractivity contribution in [2.24, 2.45) is 23.2 Å². The molecule has 0 aromatic carbocycles. The number of halogens is 7. The van der Waals surface area contributed by atoms with Crippen LogP contribution in [0.5, 0.6) is 0 Å². The summed E-state index contributed by atoms with van der Waals surface area (Å²) >= 11 is 0. The molecule has 208 valence electrons. The maximum Gasteiger partial charge on any atom is 0.468 e. The molecule has 4 aliphatic carbocycles. The number of hydrogen-bond acceptors (Lipinski definition) is 7. The highest BCUT2D eigenvalue weighted by Gasteiger charge is 2.70. The zero-order valence-electron chi connectivity index (χ0n) is 18.9. The molecule has 0 spiro atoms. The number of rotatable bonds is 10. The summed E-state index contributed by atoms with van der Waals surface area (Å²) in [6.07, 6.45) is -11.2. The molecule has 0 amide bonds. The van der Waals surface area contributed by atoms with Crippen LogP contribution in [0.15, 0.2) is 0 Å². The van der Waals surface area contributed by atoms with Gasteiger partial charge in [0.2, 0.25) is 6.17 Å². The number of esters is 2. The van der Waals surface area contributed by atoms with Crippen LogP contribution in [-0.2, 0) is 33.9 Å². The van der Waals surface area contributed by atoms with Gasteiger partial charge in [0.15, 0.2) is 6.17 Å². The summed E-state index contributed by atoms with van der Waals surface area (Å²) in [5.41, 5.74) is -1.38. The number of carbonyl (C=O) groups excluding carboxylic acids is 2. The van der Waals surface area contributed by atoms with E-state index in [1.165, 1.54) is 0 Å². The molecule has 0 aromatic rings. The second-order valence-electron chi connectivity index (χ2n) is 9.69. The molecule has 0 radical (unpaired) electrons. The molecule has 1 N–H and O–H groups in total. The summed E-state index contributed by atoms with van der Waals surface area (Å²) in [5, 5.41) is -5.75.